The lowest BCUT2D eigenvalue weighted by atomic mass is 9.93. The van der Waals surface area contributed by atoms with Crippen LogP contribution in [0.2, 0.25) is 5.02 Å². The van der Waals surface area contributed by atoms with Crippen molar-refractivity contribution in [2.75, 3.05) is 38.8 Å². The van der Waals surface area contributed by atoms with Crippen LogP contribution in [0.15, 0.2) is 58.5 Å². The highest BCUT2D eigenvalue weighted by atomic mass is 35.5. The predicted molar refractivity (Wildman–Crippen MR) is 137 cm³/mol. The molecule has 6 nitrogen and oxygen atoms in total. The fourth-order valence-corrected chi connectivity index (χ4v) is 3.76. The summed E-state index contributed by atoms with van der Waals surface area (Å²) in [5, 5.41) is 3.47. The standard InChI is InChI=1S/C24H27ClFN3O3.C2H6/c1-17(27-10-12-31-2)28-11-13-32-16-24(18-4-3-5-19(25)14-18)15-22(24)23(30)29-21-8-6-20(26)7-9-21;1-2/h3-9,11,14,22H,10,12-13,15-16H2,1-2H3,(H,29,30);1-2H3. The summed E-state index contributed by atoms with van der Waals surface area (Å²) in [6.07, 6.45) is 2.29. The maximum absolute atomic E-state index is 13.1. The molecule has 0 heterocycles. The number of amidine groups is 1. The third-order valence-corrected chi connectivity index (χ3v) is 5.60. The van der Waals surface area contributed by atoms with Crippen molar-refractivity contribution >= 4 is 35.2 Å². The van der Waals surface area contributed by atoms with Gasteiger partial charge in [0.15, 0.2) is 0 Å². The molecule has 1 fully saturated rings. The van der Waals surface area contributed by atoms with Crippen LogP contribution >= 0.6 is 11.6 Å². The summed E-state index contributed by atoms with van der Waals surface area (Å²) in [7, 11) is 1.63. The number of amides is 1. The minimum Gasteiger partial charge on any atom is -0.383 e. The second-order valence-electron chi connectivity index (χ2n) is 7.67. The molecule has 2 aromatic carbocycles. The molecule has 1 saturated carbocycles. The largest absolute Gasteiger partial charge is 0.383 e. The molecular weight excluding hydrogens is 457 g/mol. The number of nitrogens with zero attached hydrogens (tertiary/aromatic N) is 2. The Balaban J connectivity index is 0.00000199. The summed E-state index contributed by atoms with van der Waals surface area (Å²) < 4.78 is 24.0. The SMILES string of the molecule is CC.COCCN=C(C)N=CCOCC1(c2cccc(Cl)c2)CC1C(=O)Nc1ccc(F)cc1. The Bertz CT molecular complexity index is 982. The van der Waals surface area contributed by atoms with E-state index in [4.69, 9.17) is 21.1 Å². The van der Waals surface area contributed by atoms with Crippen LogP contribution in [0.5, 0.6) is 0 Å². The summed E-state index contributed by atoms with van der Waals surface area (Å²) in [6, 6.07) is 13.2. The van der Waals surface area contributed by atoms with Crippen LogP contribution in [0.25, 0.3) is 0 Å². The van der Waals surface area contributed by atoms with Gasteiger partial charge in [-0.1, -0.05) is 37.6 Å². The molecule has 3 rings (SSSR count). The fraction of sp³-hybridized carbons (Fsp3) is 0.423. The number of aliphatic imine (C=N–C) groups is 2. The van der Waals surface area contributed by atoms with Gasteiger partial charge in [-0.2, -0.15) is 0 Å². The highest BCUT2D eigenvalue weighted by Crippen LogP contribution is 2.55. The summed E-state index contributed by atoms with van der Waals surface area (Å²) in [6.45, 7) is 7.57. The minimum absolute atomic E-state index is 0.130. The van der Waals surface area contributed by atoms with E-state index in [-0.39, 0.29) is 17.6 Å². The lowest BCUT2D eigenvalue weighted by Crippen LogP contribution is -2.25. The fourth-order valence-electron chi connectivity index (χ4n) is 3.57. The molecule has 0 aliphatic heterocycles. The number of halogens is 2. The molecule has 1 aliphatic rings. The van der Waals surface area contributed by atoms with Gasteiger partial charge in [-0.3, -0.25) is 9.79 Å². The molecule has 0 spiro atoms. The van der Waals surface area contributed by atoms with E-state index in [2.05, 4.69) is 15.3 Å². The van der Waals surface area contributed by atoms with Gasteiger partial charge >= 0.3 is 0 Å². The number of hydrogen-bond acceptors (Lipinski definition) is 4. The zero-order chi connectivity index (χ0) is 25.0. The van der Waals surface area contributed by atoms with E-state index in [1.54, 1.807) is 31.5 Å². The van der Waals surface area contributed by atoms with Gasteiger partial charge in [0.05, 0.1) is 32.3 Å². The number of methoxy groups -OCH3 is 1. The predicted octanol–water partition coefficient (Wildman–Crippen LogP) is 5.55. The molecule has 8 heteroatoms. The van der Waals surface area contributed by atoms with Crippen LogP contribution in [-0.4, -0.2) is 51.4 Å². The number of carbonyl (C=O) groups is 1. The topological polar surface area (TPSA) is 72.3 Å². The van der Waals surface area contributed by atoms with E-state index in [1.807, 2.05) is 39.0 Å². The van der Waals surface area contributed by atoms with Gasteiger partial charge in [0.1, 0.15) is 11.7 Å². The molecule has 0 aromatic heterocycles. The Morgan fingerprint density at radius 1 is 1.26 bits per heavy atom. The average Bonchev–Trinajstić information content (AvgIpc) is 3.58. The van der Waals surface area contributed by atoms with E-state index in [0.717, 1.165) is 5.56 Å². The van der Waals surface area contributed by atoms with E-state index in [1.165, 1.54) is 12.1 Å². The van der Waals surface area contributed by atoms with Gasteiger partial charge < -0.3 is 14.8 Å². The molecular formula is C26H33ClFN3O3. The smallest absolute Gasteiger partial charge is 0.228 e. The van der Waals surface area contributed by atoms with Crippen molar-refractivity contribution in [3.8, 4) is 0 Å². The normalized spacial score (nSPS) is 19.5. The Morgan fingerprint density at radius 2 is 2.00 bits per heavy atom. The number of ether oxygens (including phenoxy) is 2. The lowest BCUT2D eigenvalue weighted by Gasteiger charge is -2.18. The highest BCUT2D eigenvalue weighted by Gasteiger charge is 2.59. The van der Waals surface area contributed by atoms with Crippen molar-refractivity contribution in [2.24, 2.45) is 15.9 Å². The summed E-state index contributed by atoms with van der Waals surface area (Å²) >= 11 is 6.20. The molecule has 2 aromatic rings. The van der Waals surface area contributed by atoms with E-state index >= 15 is 0 Å². The van der Waals surface area contributed by atoms with E-state index in [9.17, 15) is 9.18 Å². The van der Waals surface area contributed by atoms with Crippen LogP contribution in [0.4, 0.5) is 10.1 Å². The molecule has 1 N–H and O–H groups in total. The first-order valence-corrected chi connectivity index (χ1v) is 11.7. The Kier molecular flexibility index (Phi) is 11.3. The number of rotatable bonds is 10. The molecule has 34 heavy (non-hydrogen) atoms. The number of hydrogen-bond donors (Lipinski definition) is 1. The van der Waals surface area contributed by atoms with E-state index in [0.29, 0.717) is 49.3 Å². The monoisotopic (exact) mass is 489 g/mol. The molecule has 0 radical (unpaired) electrons. The first-order chi connectivity index (χ1) is 16.4. The Labute approximate surface area is 206 Å². The minimum atomic E-state index is -0.468. The molecule has 184 valence electrons. The second kappa shape index (κ2) is 13.9. The first kappa shape index (κ1) is 27.6. The second-order valence-corrected chi connectivity index (χ2v) is 8.10. The van der Waals surface area contributed by atoms with Gasteiger partial charge in [-0.25, -0.2) is 9.38 Å². The van der Waals surface area contributed by atoms with Gasteiger partial charge in [0.2, 0.25) is 5.91 Å². The maximum atomic E-state index is 13.1. The van der Waals surface area contributed by atoms with Gasteiger partial charge in [0.25, 0.3) is 0 Å². The summed E-state index contributed by atoms with van der Waals surface area (Å²) in [4.78, 5) is 21.4. The molecule has 1 amide bonds. The van der Waals surface area contributed by atoms with E-state index < -0.39 is 5.41 Å². The van der Waals surface area contributed by atoms with Crippen LogP contribution < -0.4 is 5.32 Å². The van der Waals surface area contributed by atoms with Crippen LogP contribution in [0.1, 0.15) is 32.8 Å². The van der Waals surface area contributed by atoms with Crippen molar-refractivity contribution in [3.63, 3.8) is 0 Å². The molecule has 2 atom stereocenters. The third kappa shape index (κ3) is 8.01. The van der Waals surface area contributed by atoms with Crippen molar-refractivity contribution in [2.45, 2.75) is 32.6 Å². The molecule has 0 saturated heterocycles. The quantitative estimate of drug-likeness (QED) is 0.270. The number of nitrogens with one attached hydrogen (secondary N) is 1. The van der Waals surface area contributed by atoms with Crippen LogP contribution in [0.3, 0.4) is 0 Å². The van der Waals surface area contributed by atoms with Crippen molar-refractivity contribution in [1.29, 1.82) is 0 Å². The lowest BCUT2D eigenvalue weighted by molar-refractivity contribution is -0.118. The first-order valence-electron chi connectivity index (χ1n) is 11.4. The number of anilines is 1. The van der Waals surface area contributed by atoms with Crippen molar-refractivity contribution in [3.05, 3.63) is 64.9 Å². The van der Waals surface area contributed by atoms with Crippen LogP contribution in [0, 0.1) is 11.7 Å². The van der Waals surface area contributed by atoms with Crippen molar-refractivity contribution < 1.29 is 18.7 Å². The third-order valence-electron chi connectivity index (χ3n) is 5.37. The zero-order valence-electron chi connectivity index (χ0n) is 20.2. The average molecular weight is 490 g/mol. The molecule has 2 unspecified atom stereocenters. The number of carbonyl (C=O) groups excluding carboxylic acids is 1. The number of benzene rings is 2. The van der Waals surface area contributed by atoms with Crippen LogP contribution in [-0.2, 0) is 19.7 Å². The van der Waals surface area contributed by atoms with Gasteiger partial charge in [-0.15, -0.1) is 0 Å². The van der Waals surface area contributed by atoms with Crippen molar-refractivity contribution in [1.82, 2.24) is 0 Å². The maximum Gasteiger partial charge on any atom is 0.228 e. The summed E-state index contributed by atoms with van der Waals surface area (Å²) in [5.74, 6) is -0.106. The highest BCUT2D eigenvalue weighted by molar-refractivity contribution is 6.30. The Hall–Kier alpha value is -2.61. The summed E-state index contributed by atoms with van der Waals surface area (Å²) in [5.41, 5.74) is 1.04. The van der Waals surface area contributed by atoms with Gasteiger partial charge in [-0.05, 0) is 55.3 Å². The molecule has 1 aliphatic carbocycles. The zero-order valence-corrected chi connectivity index (χ0v) is 20.9. The molecule has 0 bridgehead atoms. The van der Waals surface area contributed by atoms with Gasteiger partial charge in [0, 0.05) is 29.4 Å². The Morgan fingerprint density at radius 3 is 2.68 bits per heavy atom.